The quantitative estimate of drug-likeness (QED) is 0.834. The summed E-state index contributed by atoms with van der Waals surface area (Å²) in [6, 6.07) is 4.49. The Labute approximate surface area is 149 Å². The summed E-state index contributed by atoms with van der Waals surface area (Å²) in [7, 11) is 0. The van der Waals surface area contributed by atoms with E-state index in [1.165, 1.54) is 42.1 Å². The minimum Gasteiger partial charge on any atom is -0.377 e. The lowest BCUT2D eigenvalue weighted by molar-refractivity contribution is -0.0913. The van der Waals surface area contributed by atoms with Gasteiger partial charge in [-0.05, 0) is 57.8 Å². The molecule has 1 spiro atoms. The predicted molar refractivity (Wildman–Crippen MR) is 97.7 cm³/mol. The summed E-state index contributed by atoms with van der Waals surface area (Å²) in [5, 5.41) is 0. The van der Waals surface area contributed by atoms with Gasteiger partial charge >= 0.3 is 0 Å². The Bertz CT molecular complexity index is 543. The van der Waals surface area contributed by atoms with E-state index in [1.54, 1.807) is 0 Å². The van der Waals surface area contributed by atoms with Crippen molar-refractivity contribution in [3.05, 3.63) is 21.9 Å². The third kappa shape index (κ3) is 4.02. The van der Waals surface area contributed by atoms with Gasteiger partial charge in [0, 0.05) is 35.9 Å². The zero-order chi connectivity index (χ0) is 16.4. The highest BCUT2D eigenvalue weighted by Gasteiger charge is 2.43. The molecular formula is C19H30N2O2S. The summed E-state index contributed by atoms with van der Waals surface area (Å²) in [5.41, 5.74) is -0.0762. The summed E-state index contributed by atoms with van der Waals surface area (Å²) in [6.45, 7) is 10.5. The van der Waals surface area contributed by atoms with Gasteiger partial charge in [0.05, 0.1) is 19.3 Å². The van der Waals surface area contributed by atoms with Crippen LogP contribution in [-0.4, -0.2) is 67.4 Å². The van der Waals surface area contributed by atoms with E-state index in [2.05, 4.69) is 28.9 Å². The Morgan fingerprint density at radius 2 is 2.08 bits per heavy atom. The summed E-state index contributed by atoms with van der Waals surface area (Å²) in [4.78, 5) is 7.97. The van der Waals surface area contributed by atoms with Gasteiger partial charge in [-0.2, -0.15) is 0 Å². The van der Waals surface area contributed by atoms with Gasteiger partial charge in [-0.3, -0.25) is 4.90 Å². The first-order chi connectivity index (χ1) is 11.7. The lowest BCUT2D eigenvalue weighted by Gasteiger charge is -2.32. The summed E-state index contributed by atoms with van der Waals surface area (Å²) >= 11 is 1.91. The molecule has 2 atom stereocenters. The summed E-state index contributed by atoms with van der Waals surface area (Å²) in [5.74, 6) is 0. The molecule has 24 heavy (non-hydrogen) atoms. The molecule has 1 aromatic rings. The van der Waals surface area contributed by atoms with Crippen molar-refractivity contribution in [1.29, 1.82) is 0 Å². The molecule has 3 saturated heterocycles. The Morgan fingerprint density at radius 1 is 1.21 bits per heavy atom. The van der Waals surface area contributed by atoms with Crippen LogP contribution < -0.4 is 0 Å². The molecular weight excluding hydrogens is 320 g/mol. The molecule has 134 valence electrons. The van der Waals surface area contributed by atoms with Crippen LogP contribution in [0.3, 0.4) is 0 Å². The maximum atomic E-state index is 6.60. The van der Waals surface area contributed by atoms with Crippen LogP contribution in [0.2, 0.25) is 0 Å². The Balaban J connectivity index is 1.36. The van der Waals surface area contributed by atoms with Crippen molar-refractivity contribution < 1.29 is 9.47 Å². The zero-order valence-electron chi connectivity index (χ0n) is 14.8. The minimum atomic E-state index is -0.0762. The van der Waals surface area contributed by atoms with Gasteiger partial charge in [-0.15, -0.1) is 11.3 Å². The van der Waals surface area contributed by atoms with Crippen molar-refractivity contribution in [1.82, 2.24) is 9.80 Å². The van der Waals surface area contributed by atoms with E-state index in [4.69, 9.17) is 9.47 Å². The van der Waals surface area contributed by atoms with E-state index >= 15 is 0 Å². The van der Waals surface area contributed by atoms with Gasteiger partial charge in [-0.1, -0.05) is 0 Å². The number of thiophene rings is 1. The monoisotopic (exact) mass is 350 g/mol. The largest absolute Gasteiger partial charge is 0.377 e. The van der Waals surface area contributed by atoms with Crippen LogP contribution in [-0.2, 0) is 16.0 Å². The second kappa shape index (κ2) is 7.42. The van der Waals surface area contributed by atoms with E-state index in [9.17, 15) is 0 Å². The molecule has 0 bridgehead atoms. The summed E-state index contributed by atoms with van der Waals surface area (Å²) < 4.78 is 12.5. The number of nitrogens with zero attached hydrogens (tertiary/aromatic N) is 2. The normalized spacial score (nSPS) is 32.6. The average Bonchev–Trinajstić information content (AvgIpc) is 3.25. The van der Waals surface area contributed by atoms with Crippen LogP contribution in [0.25, 0.3) is 0 Å². The lowest BCUT2D eigenvalue weighted by Crippen LogP contribution is -2.45. The van der Waals surface area contributed by atoms with Gasteiger partial charge in [0.15, 0.2) is 0 Å². The highest BCUT2D eigenvalue weighted by Crippen LogP contribution is 2.34. The van der Waals surface area contributed by atoms with Gasteiger partial charge in [0.25, 0.3) is 0 Å². The Hall–Kier alpha value is -0.460. The van der Waals surface area contributed by atoms with E-state index in [0.717, 1.165) is 45.8 Å². The molecule has 3 fully saturated rings. The number of aryl methyl sites for hydroxylation is 1. The van der Waals surface area contributed by atoms with Crippen molar-refractivity contribution in [2.45, 2.75) is 50.9 Å². The molecule has 0 radical (unpaired) electrons. The molecule has 0 amide bonds. The molecule has 0 aromatic carbocycles. The second-order valence-electron chi connectivity index (χ2n) is 7.74. The maximum Gasteiger partial charge on any atom is 0.105 e. The maximum absolute atomic E-state index is 6.60. The van der Waals surface area contributed by atoms with E-state index in [1.807, 2.05) is 11.3 Å². The van der Waals surface area contributed by atoms with Crippen molar-refractivity contribution >= 4 is 11.3 Å². The highest BCUT2D eigenvalue weighted by atomic mass is 32.1. The molecule has 0 unspecified atom stereocenters. The molecule has 0 aliphatic carbocycles. The van der Waals surface area contributed by atoms with Crippen LogP contribution in [0.15, 0.2) is 12.1 Å². The average molecular weight is 351 g/mol. The molecule has 3 aliphatic heterocycles. The fraction of sp³-hybridized carbons (Fsp3) is 0.789. The van der Waals surface area contributed by atoms with Gasteiger partial charge < -0.3 is 14.4 Å². The molecule has 4 nitrogen and oxygen atoms in total. The van der Waals surface area contributed by atoms with Gasteiger partial charge in [0.1, 0.15) is 5.60 Å². The van der Waals surface area contributed by atoms with Crippen LogP contribution in [0.1, 0.15) is 35.4 Å². The Morgan fingerprint density at radius 3 is 2.88 bits per heavy atom. The van der Waals surface area contributed by atoms with E-state index in [0.29, 0.717) is 6.10 Å². The number of likely N-dealkylation sites (tertiary alicyclic amines) is 1. The molecule has 1 aromatic heterocycles. The predicted octanol–water partition coefficient (Wildman–Crippen LogP) is 2.90. The molecule has 4 heterocycles. The fourth-order valence-electron chi connectivity index (χ4n) is 4.41. The first kappa shape index (κ1) is 17.0. The Kier molecular flexibility index (Phi) is 5.25. The number of ether oxygens (including phenoxy) is 2. The standard InChI is InChI=1S/C19H30N2O2S/c1-16-4-5-18(24-16)13-21-10-11-22-15-19(14-21)7-6-17(23-19)12-20-8-2-3-9-20/h4-5,17H,2-3,6-15H2,1H3/t17-,19+/m0/s1. The molecule has 3 aliphatic rings. The van der Waals surface area contributed by atoms with Crippen molar-refractivity contribution in [3.8, 4) is 0 Å². The molecule has 0 saturated carbocycles. The zero-order valence-corrected chi connectivity index (χ0v) is 15.7. The minimum absolute atomic E-state index is 0.0762. The van der Waals surface area contributed by atoms with Crippen LogP contribution in [0.5, 0.6) is 0 Å². The number of hydrogen-bond donors (Lipinski definition) is 0. The van der Waals surface area contributed by atoms with Crippen molar-refractivity contribution in [2.24, 2.45) is 0 Å². The lowest BCUT2D eigenvalue weighted by atomic mass is 10.00. The van der Waals surface area contributed by atoms with E-state index in [-0.39, 0.29) is 5.60 Å². The SMILES string of the molecule is Cc1ccc(CN2CCOC[C@@]3(CC[C@@H](CN4CCCC4)O3)C2)s1. The fourth-order valence-corrected chi connectivity index (χ4v) is 5.34. The smallest absolute Gasteiger partial charge is 0.105 e. The van der Waals surface area contributed by atoms with Gasteiger partial charge in [0.2, 0.25) is 0 Å². The summed E-state index contributed by atoms with van der Waals surface area (Å²) in [6.07, 6.45) is 5.44. The van der Waals surface area contributed by atoms with Crippen LogP contribution in [0, 0.1) is 6.92 Å². The molecule has 5 heteroatoms. The topological polar surface area (TPSA) is 24.9 Å². The third-order valence-corrected chi connectivity index (χ3v) is 6.59. The number of hydrogen-bond acceptors (Lipinski definition) is 5. The first-order valence-corrected chi connectivity index (χ1v) is 10.3. The highest BCUT2D eigenvalue weighted by molar-refractivity contribution is 7.11. The van der Waals surface area contributed by atoms with Crippen LogP contribution in [0.4, 0.5) is 0 Å². The second-order valence-corrected chi connectivity index (χ2v) is 9.12. The molecule has 4 rings (SSSR count). The van der Waals surface area contributed by atoms with Gasteiger partial charge in [-0.25, -0.2) is 0 Å². The van der Waals surface area contributed by atoms with Crippen molar-refractivity contribution in [3.63, 3.8) is 0 Å². The first-order valence-electron chi connectivity index (χ1n) is 9.46. The molecule has 0 N–H and O–H groups in total. The third-order valence-electron chi connectivity index (χ3n) is 5.60. The van der Waals surface area contributed by atoms with Crippen molar-refractivity contribution in [2.75, 3.05) is 45.9 Å². The van der Waals surface area contributed by atoms with E-state index < -0.39 is 0 Å². The number of rotatable bonds is 4. The van der Waals surface area contributed by atoms with Crippen LogP contribution >= 0.6 is 11.3 Å².